The van der Waals surface area contributed by atoms with Crippen molar-refractivity contribution in [3.8, 4) is 0 Å². The maximum atomic E-state index is 12.3. The molecule has 1 aliphatic rings. The van der Waals surface area contributed by atoms with Gasteiger partial charge >= 0.3 is 0 Å². The summed E-state index contributed by atoms with van der Waals surface area (Å²) in [6.45, 7) is 6.05. The largest absolute Gasteiger partial charge is 0.341 e. The summed E-state index contributed by atoms with van der Waals surface area (Å²) in [6.07, 6.45) is 2.83. The Morgan fingerprint density at radius 3 is 2.58 bits per heavy atom. The number of hydrogen-bond donors (Lipinski definition) is 0. The van der Waals surface area contributed by atoms with Gasteiger partial charge in [-0.25, -0.2) is 0 Å². The van der Waals surface area contributed by atoms with Crippen LogP contribution in [0.5, 0.6) is 0 Å². The summed E-state index contributed by atoms with van der Waals surface area (Å²) in [5, 5.41) is 0. The number of nitrogens with zero attached hydrogens (tertiary/aromatic N) is 2. The number of halogens is 1. The molecule has 4 nitrogen and oxygen atoms in total. The van der Waals surface area contributed by atoms with E-state index in [1.54, 1.807) is 12.3 Å². The standard InChI is InChI=1S/C14H19BrN2O2/c1-10-5-11(2)7-16(6-10)14(19)9-17-8-12(15)3-4-13(17)18/h3-4,8,10-11H,5-7,9H2,1-2H3. The lowest BCUT2D eigenvalue weighted by Crippen LogP contribution is -2.44. The fraction of sp³-hybridized carbons (Fsp3) is 0.571. The minimum atomic E-state index is -0.144. The molecule has 104 valence electrons. The van der Waals surface area contributed by atoms with Gasteiger partial charge < -0.3 is 9.47 Å². The zero-order chi connectivity index (χ0) is 14.0. The van der Waals surface area contributed by atoms with Crippen LogP contribution in [-0.2, 0) is 11.3 Å². The topological polar surface area (TPSA) is 42.3 Å². The fourth-order valence-electron chi connectivity index (χ4n) is 2.74. The summed E-state index contributed by atoms with van der Waals surface area (Å²) in [4.78, 5) is 25.8. The van der Waals surface area contributed by atoms with Crippen LogP contribution in [0.1, 0.15) is 20.3 Å². The third-order valence-corrected chi connectivity index (χ3v) is 3.94. The van der Waals surface area contributed by atoms with E-state index in [0.29, 0.717) is 11.8 Å². The van der Waals surface area contributed by atoms with Crippen molar-refractivity contribution in [3.63, 3.8) is 0 Å². The van der Waals surface area contributed by atoms with E-state index in [1.807, 2.05) is 4.90 Å². The van der Waals surface area contributed by atoms with Crippen molar-refractivity contribution in [2.45, 2.75) is 26.8 Å². The number of carbonyl (C=O) groups excluding carboxylic acids is 1. The molecule has 0 saturated carbocycles. The Morgan fingerprint density at radius 2 is 1.95 bits per heavy atom. The van der Waals surface area contributed by atoms with E-state index in [2.05, 4.69) is 29.8 Å². The lowest BCUT2D eigenvalue weighted by atomic mass is 9.92. The Bertz CT molecular complexity index is 516. The summed E-state index contributed by atoms with van der Waals surface area (Å²) in [6, 6.07) is 3.16. The van der Waals surface area contributed by atoms with Crippen molar-refractivity contribution in [2.24, 2.45) is 11.8 Å². The third kappa shape index (κ3) is 3.69. The van der Waals surface area contributed by atoms with Gasteiger partial charge in [-0.2, -0.15) is 0 Å². The van der Waals surface area contributed by atoms with E-state index in [1.165, 1.54) is 17.1 Å². The van der Waals surface area contributed by atoms with Gasteiger partial charge in [-0.3, -0.25) is 9.59 Å². The van der Waals surface area contributed by atoms with Gasteiger partial charge in [-0.15, -0.1) is 0 Å². The average Bonchev–Trinajstić information content (AvgIpc) is 2.32. The van der Waals surface area contributed by atoms with Crippen molar-refractivity contribution >= 4 is 21.8 Å². The number of aromatic nitrogens is 1. The molecule has 19 heavy (non-hydrogen) atoms. The number of hydrogen-bond acceptors (Lipinski definition) is 2. The number of likely N-dealkylation sites (tertiary alicyclic amines) is 1. The second-order valence-corrected chi connectivity index (χ2v) is 6.47. The second kappa shape index (κ2) is 5.90. The minimum Gasteiger partial charge on any atom is -0.341 e. The van der Waals surface area contributed by atoms with E-state index in [-0.39, 0.29) is 18.0 Å². The van der Waals surface area contributed by atoms with E-state index in [4.69, 9.17) is 0 Å². The molecule has 0 N–H and O–H groups in total. The van der Waals surface area contributed by atoms with Gasteiger partial charge in [0.2, 0.25) is 5.91 Å². The number of pyridine rings is 1. The molecule has 1 aromatic rings. The van der Waals surface area contributed by atoms with Crippen molar-refractivity contribution in [1.29, 1.82) is 0 Å². The van der Waals surface area contributed by atoms with Crippen LogP contribution < -0.4 is 5.56 Å². The molecule has 0 bridgehead atoms. The van der Waals surface area contributed by atoms with Gasteiger partial charge in [0.15, 0.2) is 0 Å². The lowest BCUT2D eigenvalue weighted by molar-refractivity contribution is -0.134. The van der Waals surface area contributed by atoms with Crippen LogP contribution in [0.15, 0.2) is 27.6 Å². The first-order chi connectivity index (χ1) is 8.95. The Kier molecular flexibility index (Phi) is 4.45. The highest BCUT2D eigenvalue weighted by atomic mass is 79.9. The summed E-state index contributed by atoms with van der Waals surface area (Å²) in [7, 11) is 0. The molecular formula is C14H19BrN2O2. The Hall–Kier alpha value is -1.10. The van der Waals surface area contributed by atoms with E-state index >= 15 is 0 Å². The zero-order valence-electron chi connectivity index (χ0n) is 11.3. The highest BCUT2D eigenvalue weighted by Gasteiger charge is 2.25. The minimum absolute atomic E-state index is 0.0265. The average molecular weight is 327 g/mol. The van der Waals surface area contributed by atoms with Crippen molar-refractivity contribution in [3.05, 3.63) is 33.2 Å². The molecule has 2 rings (SSSR count). The second-order valence-electron chi connectivity index (χ2n) is 5.56. The van der Waals surface area contributed by atoms with Crippen LogP contribution in [0.25, 0.3) is 0 Å². The van der Waals surface area contributed by atoms with Crippen LogP contribution >= 0.6 is 15.9 Å². The van der Waals surface area contributed by atoms with Gasteiger partial charge in [0.25, 0.3) is 5.56 Å². The van der Waals surface area contributed by atoms with Crippen molar-refractivity contribution in [1.82, 2.24) is 9.47 Å². The van der Waals surface area contributed by atoms with Crippen LogP contribution in [0.4, 0.5) is 0 Å². The van der Waals surface area contributed by atoms with Gasteiger partial charge in [-0.05, 0) is 40.3 Å². The molecule has 1 aromatic heterocycles. The Morgan fingerprint density at radius 1 is 1.32 bits per heavy atom. The first kappa shape index (κ1) is 14.3. The summed E-state index contributed by atoms with van der Waals surface area (Å²) < 4.78 is 2.26. The molecule has 2 heterocycles. The van der Waals surface area contributed by atoms with E-state index < -0.39 is 0 Å². The molecule has 0 aromatic carbocycles. The number of carbonyl (C=O) groups is 1. The molecule has 1 fully saturated rings. The smallest absolute Gasteiger partial charge is 0.251 e. The SMILES string of the molecule is CC1CC(C)CN(C(=O)Cn2cc(Br)ccc2=O)C1. The maximum Gasteiger partial charge on any atom is 0.251 e. The maximum absolute atomic E-state index is 12.3. The monoisotopic (exact) mass is 326 g/mol. The molecule has 0 aliphatic carbocycles. The molecule has 1 amide bonds. The highest BCUT2D eigenvalue weighted by molar-refractivity contribution is 9.10. The first-order valence-corrected chi connectivity index (χ1v) is 7.38. The highest BCUT2D eigenvalue weighted by Crippen LogP contribution is 2.21. The predicted molar refractivity (Wildman–Crippen MR) is 77.9 cm³/mol. The predicted octanol–water partition coefficient (Wildman–Crippen LogP) is 2.12. The van der Waals surface area contributed by atoms with Gasteiger partial charge in [0.05, 0.1) is 0 Å². The molecule has 2 atom stereocenters. The molecule has 0 spiro atoms. The van der Waals surface area contributed by atoms with Crippen molar-refractivity contribution in [2.75, 3.05) is 13.1 Å². The van der Waals surface area contributed by atoms with Crippen LogP contribution in [-0.4, -0.2) is 28.5 Å². The lowest BCUT2D eigenvalue weighted by Gasteiger charge is -2.35. The van der Waals surface area contributed by atoms with Gasteiger partial charge in [0.1, 0.15) is 6.54 Å². The number of rotatable bonds is 2. The molecule has 0 radical (unpaired) electrons. The normalized spacial score (nSPS) is 23.4. The van der Waals surface area contributed by atoms with E-state index in [9.17, 15) is 9.59 Å². The molecule has 1 aliphatic heterocycles. The third-order valence-electron chi connectivity index (χ3n) is 3.47. The summed E-state index contributed by atoms with van der Waals surface area (Å²) in [5.41, 5.74) is -0.144. The summed E-state index contributed by atoms with van der Waals surface area (Å²) >= 11 is 3.32. The van der Waals surface area contributed by atoms with Crippen molar-refractivity contribution < 1.29 is 4.79 Å². The Balaban J connectivity index is 2.08. The Labute approximate surface area is 121 Å². The van der Waals surface area contributed by atoms with Crippen LogP contribution in [0, 0.1) is 11.8 Å². The zero-order valence-corrected chi connectivity index (χ0v) is 12.9. The van der Waals surface area contributed by atoms with E-state index in [0.717, 1.165) is 17.6 Å². The number of piperidine rings is 1. The van der Waals surface area contributed by atoms with Crippen LogP contribution in [0.2, 0.25) is 0 Å². The molecule has 1 saturated heterocycles. The molecule has 5 heteroatoms. The summed E-state index contributed by atoms with van der Waals surface area (Å²) in [5.74, 6) is 1.09. The van der Waals surface area contributed by atoms with Gasteiger partial charge in [-0.1, -0.05) is 13.8 Å². The van der Waals surface area contributed by atoms with Gasteiger partial charge in [0, 0.05) is 29.8 Å². The number of amides is 1. The quantitative estimate of drug-likeness (QED) is 0.835. The van der Waals surface area contributed by atoms with Crippen LogP contribution in [0.3, 0.4) is 0 Å². The fourth-order valence-corrected chi connectivity index (χ4v) is 3.12. The molecular weight excluding hydrogens is 308 g/mol. The molecule has 2 unspecified atom stereocenters. The first-order valence-electron chi connectivity index (χ1n) is 6.59.